The van der Waals surface area contributed by atoms with Gasteiger partial charge in [0, 0.05) is 49.0 Å². The molecule has 7 nitrogen and oxygen atoms in total. The van der Waals surface area contributed by atoms with Gasteiger partial charge in [-0.15, -0.1) is 0 Å². The Morgan fingerprint density at radius 2 is 1.71 bits per heavy atom. The molecule has 1 saturated carbocycles. The van der Waals surface area contributed by atoms with E-state index in [1.165, 1.54) is 32.1 Å². The number of sulfonamides is 1. The second-order valence-electron chi connectivity index (χ2n) is 9.94. The molecule has 0 spiro atoms. The highest BCUT2D eigenvalue weighted by Crippen LogP contribution is 2.37. The number of benzene rings is 1. The summed E-state index contributed by atoms with van der Waals surface area (Å²) in [5, 5.41) is 4.38. The van der Waals surface area contributed by atoms with Crippen LogP contribution in [0.5, 0.6) is 0 Å². The summed E-state index contributed by atoms with van der Waals surface area (Å²) in [6.45, 7) is 4.27. The first-order valence-corrected chi connectivity index (χ1v) is 14.7. The van der Waals surface area contributed by atoms with Gasteiger partial charge in [0.1, 0.15) is 5.65 Å². The van der Waals surface area contributed by atoms with Crippen LogP contribution >= 0.6 is 0 Å². The number of nitrogens with one attached hydrogen (secondary N) is 1. The number of anilines is 1. The van der Waals surface area contributed by atoms with Crippen molar-refractivity contribution in [2.24, 2.45) is 0 Å². The zero-order valence-corrected chi connectivity index (χ0v) is 21.6. The summed E-state index contributed by atoms with van der Waals surface area (Å²) >= 11 is 0. The standard InChI is InChI=1S/C27H37N5O2S/c1-2-3-16-28-27-29-19-24-25(20-32(26(24)30-27)22-10-6-4-7-11-22)21-12-14-23(15-13-21)35(33,34)31-17-8-5-9-18-31/h12-15,19-20,22H,2-11,16-18H2,1H3,(H,28,29,30). The van der Waals surface area contributed by atoms with Crippen LogP contribution in [0.2, 0.25) is 0 Å². The number of hydrogen-bond donors (Lipinski definition) is 1. The van der Waals surface area contributed by atoms with E-state index in [-0.39, 0.29) is 0 Å². The Labute approximate surface area is 209 Å². The molecular formula is C27H37N5O2S. The predicted molar refractivity (Wildman–Crippen MR) is 141 cm³/mol. The summed E-state index contributed by atoms with van der Waals surface area (Å²) in [5.74, 6) is 0.677. The van der Waals surface area contributed by atoms with E-state index in [1.54, 1.807) is 16.4 Å². The second kappa shape index (κ2) is 10.7. The molecule has 5 rings (SSSR count). The van der Waals surface area contributed by atoms with Crippen molar-refractivity contribution in [3.63, 3.8) is 0 Å². The van der Waals surface area contributed by atoms with Gasteiger partial charge >= 0.3 is 0 Å². The van der Waals surface area contributed by atoms with E-state index < -0.39 is 10.0 Å². The lowest BCUT2D eigenvalue weighted by Crippen LogP contribution is -2.35. The molecule has 1 aromatic carbocycles. The molecule has 0 unspecified atom stereocenters. The Kier molecular flexibility index (Phi) is 7.39. The first-order chi connectivity index (χ1) is 17.1. The summed E-state index contributed by atoms with van der Waals surface area (Å²) in [6, 6.07) is 7.82. The Balaban J connectivity index is 1.49. The van der Waals surface area contributed by atoms with Gasteiger partial charge in [-0.2, -0.15) is 9.29 Å². The fourth-order valence-corrected chi connectivity index (χ4v) is 6.94. The minimum Gasteiger partial charge on any atom is -0.354 e. The SMILES string of the molecule is CCCCNc1ncc2c(-c3ccc(S(=O)(=O)N4CCCCC4)cc3)cn(C3CCCCC3)c2n1. The number of hydrogen-bond acceptors (Lipinski definition) is 5. The molecule has 2 aromatic heterocycles. The van der Waals surface area contributed by atoms with E-state index in [9.17, 15) is 8.42 Å². The number of nitrogens with zero attached hydrogens (tertiary/aromatic N) is 4. The Hall–Kier alpha value is -2.45. The highest BCUT2D eigenvalue weighted by molar-refractivity contribution is 7.89. The van der Waals surface area contributed by atoms with Crippen LogP contribution in [-0.4, -0.2) is 46.9 Å². The molecular weight excluding hydrogens is 458 g/mol. The van der Waals surface area contributed by atoms with Crippen molar-refractivity contribution in [2.75, 3.05) is 25.0 Å². The summed E-state index contributed by atoms with van der Waals surface area (Å²) in [5.41, 5.74) is 3.02. The molecule has 3 aromatic rings. The topological polar surface area (TPSA) is 80.1 Å². The molecule has 1 saturated heterocycles. The van der Waals surface area contributed by atoms with Crippen molar-refractivity contribution < 1.29 is 8.42 Å². The quantitative estimate of drug-likeness (QED) is 0.388. The van der Waals surface area contributed by atoms with Gasteiger partial charge in [0.15, 0.2) is 0 Å². The molecule has 35 heavy (non-hydrogen) atoms. The number of fused-ring (bicyclic) bond motifs is 1. The fourth-order valence-electron chi connectivity index (χ4n) is 5.42. The third kappa shape index (κ3) is 5.09. The van der Waals surface area contributed by atoms with Crippen molar-refractivity contribution in [2.45, 2.75) is 82.1 Å². The van der Waals surface area contributed by atoms with E-state index in [0.29, 0.717) is 30.0 Å². The maximum atomic E-state index is 13.1. The fraction of sp³-hybridized carbons (Fsp3) is 0.556. The van der Waals surface area contributed by atoms with Crippen molar-refractivity contribution in [1.82, 2.24) is 18.8 Å². The van der Waals surface area contributed by atoms with E-state index >= 15 is 0 Å². The van der Waals surface area contributed by atoms with Crippen LogP contribution in [0.4, 0.5) is 5.95 Å². The Bertz CT molecular complexity index is 1240. The average molecular weight is 496 g/mol. The van der Waals surface area contributed by atoms with E-state index in [1.807, 2.05) is 18.3 Å². The number of rotatable bonds is 8. The number of aromatic nitrogens is 3. The molecule has 1 aliphatic heterocycles. The minimum absolute atomic E-state index is 0.373. The monoisotopic (exact) mass is 495 g/mol. The summed E-state index contributed by atoms with van der Waals surface area (Å²) < 4.78 is 30.2. The summed E-state index contributed by atoms with van der Waals surface area (Å²) in [4.78, 5) is 9.90. The maximum absolute atomic E-state index is 13.1. The molecule has 8 heteroatoms. The molecule has 0 bridgehead atoms. The van der Waals surface area contributed by atoms with Gasteiger partial charge in [-0.05, 0) is 49.8 Å². The molecule has 2 fully saturated rings. The van der Waals surface area contributed by atoms with Crippen LogP contribution < -0.4 is 5.32 Å². The van der Waals surface area contributed by atoms with Gasteiger partial charge in [-0.1, -0.05) is 51.2 Å². The van der Waals surface area contributed by atoms with Crippen LogP contribution in [0.3, 0.4) is 0 Å². The molecule has 3 heterocycles. The van der Waals surface area contributed by atoms with Gasteiger partial charge in [0.2, 0.25) is 16.0 Å². The smallest absolute Gasteiger partial charge is 0.243 e. The van der Waals surface area contributed by atoms with Crippen LogP contribution in [0.1, 0.15) is 77.2 Å². The first-order valence-electron chi connectivity index (χ1n) is 13.3. The van der Waals surface area contributed by atoms with E-state index in [4.69, 9.17) is 4.98 Å². The average Bonchev–Trinajstić information content (AvgIpc) is 3.29. The lowest BCUT2D eigenvalue weighted by atomic mass is 9.95. The lowest BCUT2D eigenvalue weighted by Gasteiger charge is -2.25. The summed E-state index contributed by atoms with van der Waals surface area (Å²) in [7, 11) is -3.44. The number of piperidine rings is 1. The van der Waals surface area contributed by atoms with Gasteiger partial charge in [-0.25, -0.2) is 13.4 Å². The molecule has 0 atom stereocenters. The molecule has 0 amide bonds. The molecule has 0 radical (unpaired) electrons. The van der Waals surface area contributed by atoms with Crippen LogP contribution in [-0.2, 0) is 10.0 Å². The first kappa shape index (κ1) is 24.3. The van der Waals surface area contributed by atoms with Crippen molar-refractivity contribution >= 4 is 27.0 Å². The van der Waals surface area contributed by atoms with Crippen molar-refractivity contribution in [3.8, 4) is 11.1 Å². The van der Waals surface area contributed by atoms with Crippen molar-refractivity contribution in [1.29, 1.82) is 0 Å². The molecule has 1 aliphatic carbocycles. The Morgan fingerprint density at radius 3 is 2.43 bits per heavy atom. The van der Waals surface area contributed by atoms with Gasteiger partial charge in [0.05, 0.1) is 4.90 Å². The third-order valence-electron chi connectivity index (χ3n) is 7.47. The van der Waals surface area contributed by atoms with Crippen LogP contribution in [0.15, 0.2) is 41.6 Å². The van der Waals surface area contributed by atoms with Gasteiger partial charge in [0.25, 0.3) is 0 Å². The maximum Gasteiger partial charge on any atom is 0.243 e. The van der Waals surface area contributed by atoms with E-state index in [0.717, 1.165) is 60.8 Å². The van der Waals surface area contributed by atoms with Crippen LogP contribution in [0, 0.1) is 0 Å². The van der Waals surface area contributed by atoms with Crippen molar-refractivity contribution in [3.05, 3.63) is 36.7 Å². The molecule has 1 N–H and O–H groups in total. The third-order valence-corrected chi connectivity index (χ3v) is 9.38. The normalized spacial score (nSPS) is 18.2. The molecule has 188 valence electrons. The minimum atomic E-state index is -3.44. The number of unbranched alkanes of at least 4 members (excludes halogenated alkanes) is 1. The predicted octanol–water partition coefficient (Wildman–Crippen LogP) is 5.99. The van der Waals surface area contributed by atoms with Gasteiger partial charge < -0.3 is 9.88 Å². The largest absolute Gasteiger partial charge is 0.354 e. The highest BCUT2D eigenvalue weighted by Gasteiger charge is 2.26. The zero-order chi connectivity index (χ0) is 24.3. The highest BCUT2D eigenvalue weighted by atomic mass is 32.2. The Morgan fingerprint density at radius 1 is 1.00 bits per heavy atom. The van der Waals surface area contributed by atoms with Gasteiger partial charge in [-0.3, -0.25) is 0 Å². The summed E-state index contributed by atoms with van der Waals surface area (Å²) in [6.07, 6.45) is 15.4. The lowest BCUT2D eigenvalue weighted by molar-refractivity contribution is 0.346. The van der Waals surface area contributed by atoms with Crippen LogP contribution in [0.25, 0.3) is 22.2 Å². The van der Waals surface area contributed by atoms with E-state index in [2.05, 4.69) is 28.0 Å². The zero-order valence-electron chi connectivity index (χ0n) is 20.7. The second-order valence-corrected chi connectivity index (χ2v) is 11.9. The molecule has 2 aliphatic rings.